The van der Waals surface area contributed by atoms with Gasteiger partial charge in [0.2, 0.25) is 10.9 Å². The Morgan fingerprint density at radius 2 is 2.21 bits per heavy atom. The molecule has 1 fully saturated rings. The van der Waals surface area contributed by atoms with E-state index in [4.69, 9.17) is 0 Å². The van der Waals surface area contributed by atoms with Crippen molar-refractivity contribution in [3.8, 4) is 0 Å². The van der Waals surface area contributed by atoms with E-state index >= 15 is 0 Å². The van der Waals surface area contributed by atoms with Crippen LogP contribution in [0.2, 0.25) is 0 Å². The maximum atomic E-state index is 12.5. The fourth-order valence-electron chi connectivity index (χ4n) is 2.56. The van der Waals surface area contributed by atoms with Crippen LogP contribution in [0.15, 0.2) is 6.33 Å². The third-order valence-electron chi connectivity index (χ3n) is 3.63. The van der Waals surface area contributed by atoms with Gasteiger partial charge in [-0.15, -0.1) is 10.2 Å². The maximum absolute atomic E-state index is 12.5. The second kappa shape index (κ2) is 6.34. The average molecular weight is 362 g/mol. The lowest BCUT2D eigenvalue weighted by Crippen LogP contribution is -2.50. The van der Waals surface area contributed by atoms with Crippen LogP contribution >= 0.6 is 11.3 Å². The molecule has 1 atom stereocenters. The molecule has 1 aliphatic heterocycles. The van der Waals surface area contributed by atoms with Crippen LogP contribution in [0, 0.1) is 0 Å². The SMILES string of the molecule is O=C(NCCc1nn2cnnc2s1)C1CCCN1C(=O)C(F)(F)F. The molecule has 1 unspecified atom stereocenters. The number of rotatable bonds is 4. The van der Waals surface area contributed by atoms with E-state index in [-0.39, 0.29) is 19.5 Å². The van der Waals surface area contributed by atoms with Crippen LogP contribution < -0.4 is 5.32 Å². The van der Waals surface area contributed by atoms with Gasteiger partial charge in [0.15, 0.2) is 0 Å². The van der Waals surface area contributed by atoms with Crippen LogP contribution in [-0.2, 0) is 16.0 Å². The molecule has 0 bridgehead atoms. The molecule has 3 rings (SSSR count). The predicted octanol–water partition coefficient (Wildman–Crippen LogP) is 0.398. The smallest absolute Gasteiger partial charge is 0.354 e. The van der Waals surface area contributed by atoms with Gasteiger partial charge in [0.25, 0.3) is 0 Å². The number of nitrogens with one attached hydrogen (secondary N) is 1. The van der Waals surface area contributed by atoms with Gasteiger partial charge < -0.3 is 10.2 Å². The van der Waals surface area contributed by atoms with Crippen LogP contribution in [0.4, 0.5) is 13.2 Å². The van der Waals surface area contributed by atoms with Crippen molar-refractivity contribution < 1.29 is 22.8 Å². The normalized spacial score (nSPS) is 18.3. The molecule has 0 radical (unpaired) electrons. The molecular formula is C12H13F3N6O2S. The molecule has 0 aromatic carbocycles. The Hall–Kier alpha value is -2.24. The van der Waals surface area contributed by atoms with Gasteiger partial charge in [0.1, 0.15) is 17.4 Å². The summed E-state index contributed by atoms with van der Waals surface area (Å²) in [6, 6.07) is -1.07. The lowest BCUT2D eigenvalue weighted by atomic mass is 10.2. The Bertz CT molecular complexity index is 729. The first-order chi connectivity index (χ1) is 11.4. The Balaban J connectivity index is 1.54. The molecule has 2 aromatic heterocycles. The van der Waals surface area contributed by atoms with E-state index in [1.54, 1.807) is 0 Å². The molecule has 0 aliphatic carbocycles. The molecule has 24 heavy (non-hydrogen) atoms. The van der Waals surface area contributed by atoms with Crippen molar-refractivity contribution >= 4 is 28.1 Å². The predicted molar refractivity (Wildman–Crippen MR) is 76.2 cm³/mol. The molecule has 1 N–H and O–H groups in total. The summed E-state index contributed by atoms with van der Waals surface area (Å²) in [4.78, 5) is 24.6. The fourth-order valence-corrected chi connectivity index (χ4v) is 3.37. The Labute approximate surface area is 137 Å². The molecule has 130 valence electrons. The van der Waals surface area contributed by atoms with E-state index in [1.807, 2.05) is 0 Å². The molecule has 3 heterocycles. The average Bonchev–Trinajstić information content (AvgIpc) is 3.20. The van der Waals surface area contributed by atoms with Gasteiger partial charge in [0.05, 0.1) is 0 Å². The van der Waals surface area contributed by atoms with Gasteiger partial charge in [0, 0.05) is 19.5 Å². The molecule has 1 saturated heterocycles. The minimum Gasteiger partial charge on any atom is -0.354 e. The van der Waals surface area contributed by atoms with E-state index in [2.05, 4.69) is 20.6 Å². The number of aromatic nitrogens is 4. The number of amides is 2. The van der Waals surface area contributed by atoms with E-state index in [1.165, 1.54) is 22.2 Å². The topological polar surface area (TPSA) is 92.5 Å². The Morgan fingerprint density at radius 1 is 1.42 bits per heavy atom. The first-order valence-electron chi connectivity index (χ1n) is 7.17. The van der Waals surface area contributed by atoms with Crippen molar-refractivity contribution in [1.82, 2.24) is 30.0 Å². The number of fused-ring (bicyclic) bond motifs is 1. The van der Waals surface area contributed by atoms with Crippen molar-refractivity contribution in [2.45, 2.75) is 31.5 Å². The zero-order chi connectivity index (χ0) is 17.3. The molecule has 1 aliphatic rings. The highest BCUT2D eigenvalue weighted by Crippen LogP contribution is 2.25. The van der Waals surface area contributed by atoms with Gasteiger partial charge in [-0.1, -0.05) is 11.3 Å². The summed E-state index contributed by atoms with van der Waals surface area (Å²) in [5.74, 6) is -2.54. The summed E-state index contributed by atoms with van der Waals surface area (Å²) < 4.78 is 39.1. The number of hydrogen-bond acceptors (Lipinski definition) is 6. The summed E-state index contributed by atoms with van der Waals surface area (Å²) in [6.45, 7) is 0.153. The first kappa shape index (κ1) is 16.6. The molecule has 2 aromatic rings. The summed E-state index contributed by atoms with van der Waals surface area (Å²) >= 11 is 1.31. The maximum Gasteiger partial charge on any atom is 0.471 e. The number of carbonyl (C=O) groups is 2. The first-order valence-corrected chi connectivity index (χ1v) is 7.99. The van der Waals surface area contributed by atoms with Crippen molar-refractivity contribution in [2.75, 3.05) is 13.1 Å². The number of alkyl halides is 3. The third kappa shape index (κ3) is 3.32. The van der Waals surface area contributed by atoms with Gasteiger partial charge in [-0.2, -0.15) is 22.8 Å². The number of likely N-dealkylation sites (tertiary alicyclic amines) is 1. The molecular weight excluding hydrogens is 349 g/mol. The van der Waals surface area contributed by atoms with Crippen molar-refractivity contribution in [2.24, 2.45) is 0 Å². The number of carbonyl (C=O) groups excluding carboxylic acids is 2. The molecule has 8 nitrogen and oxygen atoms in total. The van der Waals surface area contributed by atoms with Crippen LogP contribution in [0.3, 0.4) is 0 Å². The zero-order valence-electron chi connectivity index (χ0n) is 12.3. The summed E-state index contributed by atoms with van der Waals surface area (Å²) in [7, 11) is 0. The largest absolute Gasteiger partial charge is 0.471 e. The van der Waals surface area contributed by atoms with Crippen LogP contribution in [0.25, 0.3) is 4.96 Å². The van der Waals surface area contributed by atoms with E-state index in [0.717, 1.165) is 5.01 Å². The van der Waals surface area contributed by atoms with Gasteiger partial charge in [-0.25, -0.2) is 0 Å². The lowest BCUT2D eigenvalue weighted by molar-refractivity contribution is -0.186. The number of halogens is 3. The molecule has 0 spiro atoms. The Kier molecular flexibility index (Phi) is 4.39. The highest BCUT2D eigenvalue weighted by atomic mass is 32.1. The van der Waals surface area contributed by atoms with Crippen LogP contribution in [-0.4, -0.2) is 61.8 Å². The second-order valence-electron chi connectivity index (χ2n) is 5.25. The summed E-state index contributed by atoms with van der Waals surface area (Å²) in [6.07, 6.45) is -2.50. The van der Waals surface area contributed by atoms with Crippen LogP contribution in [0.1, 0.15) is 17.8 Å². The summed E-state index contributed by atoms with van der Waals surface area (Å²) in [5.41, 5.74) is 0. The van der Waals surface area contributed by atoms with Crippen LogP contribution in [0.5, 0.6) is 0 Å². The fraction of sp³-hybridized carbons (Fsp3) is 0.583. The van der Waals surface area contributed by atoms with E-state index in [9.17, 15) is 22.8 Å². The lowest BCUT2D eigenvalue weighted by Gasteiger charge is -2.24. The second-order valence-corrected chi connectivity index (χ2v) is 6.29. The highest BCUT2D eigenvalue weighted by molar-refractivity contribution is 7.16. The van der Waals surface area contributed by atoms with Gasteiger partial charge in [-0.3, -0.25) is 9.59 Å². The third-order valence-corrected chi connectivity index (χ3v) is 4.60. The standard InChI is InChI=1S/C12H13F3N6O2S/c13-12(14,15)10(23)20-5-1-2-7(20)9(22)16-4-3-8-19-21-6-17-18-11(21)24-8/h6-7H,1-5H2,(H,16,22). The molecule has 0 saturated carbocycles. The minimum absolute atomic E-state index is 0.0624. The summed E-state index contributed by atoms with van der Waals surface area (Å²) in [5, 5.41) is 15.0. The highest BCUT2D eigenvalue weighted by Gasteiger charge is 2.47. The van der Waals surface area contributed by atoms with Crippen molar-refractivity contribution in [1.29, 1.82) is 0 Å². The number of nitrogens with zero attached hydrogens (tertiary/aromatic N) is 5. The van der Waals surface area contributed by atoms with Crippen molar-refractivity contribution in [3.05, 3.63) is 11.3 Å². The Morgan fingerprint density at radius 3 is 2.92 bits per heavy atom. The minimum atomic E-state index is -4.97. The zero-order valence-corrected chi connectivity index (χ0v) is 13.1. The molecule has 12 heteroatoms. The van der Waals surface area contributed by atoms with Gasteiger partial charge in [-0.05, 0) is 12.8 Å². The van der Waals surface area contributed by atoms with E-state index in [0.29, 0.717) is 22.7 Å². The quantitative estimate of drug-likeness (QED) is 0.850. The number of hydrogen-bond donors (Lipinski definition) is 1. The molecule has 2 amide bonds. The monoisotopic (exact) mass is 362 g/mol. The van der Waals surface area contributed by atoms with Gasteiger partial charge >= 0.3 is 12.1 Å². The van der Waals surface area contributed by atoms with Crippen molar-refractivity contribution in [3.63, 3.8) is 0 Å². The van der Waals surface area contributed by atoms with E-state index < -0.39 is 24.0 Å².